The highest BCUT2D eigenvalue weighted by Gasteiger charge is 2.45. The molecule has 158 valence electrons. The molecule has 2 aliphatic carbocycles. The van der Waals surface area contributed by atoms with Crippen LogP contribution in [0.5, 0.6) is 0 Å². The number of hydrogen-bond acceptors (Lipinski definition) is 3. The molecule has 0 saturated heterocycles. The minimum atomic E-state index is -1.73. The van der Waals surface area contributed by atoms with Gasteiger partial charge in [0.1, 0.15) is 5.76 Å². The van der Waals surface area contributed by atoms with Gasteiger partial charge in [-0.25, -0.2) is 0 Å². The Morgan fingerprint density at radius 1 is 1.14 bits per heavy atom. The fourth-order valence-electron chi connectivity index (χ4n) is 6.50. The summed E-state index contributed by atoms with van der Waals surface area (Å²) in [5, 5.41) is 4.07. The van der Waals surface area contributed by atoms with E-state index < -0.39 is 8.32 Å². The molecule has 3 rings (SSSR count). The Bertz CT molecular complexity index is 667. The second kappa shape index (κ2) is 8.87. The summed E-state index contributed by atoms with van der Waals surface area (Å²) in [7, 11) is -1.73. The maximum absolute atomic E-state index is 6.81. The minimum absolute atomic E-state index is 0.478. The normalized spacial score (nSPS) is 22.9. The third kappa shape index (κ3) is 3.91. The highest BCUT2D eigenvalue weighted by atomic mass is 28.4. The molecule has 0 bridgehead atoms. The third-order valence-electron chi connectivity index (χ3n) is 7.62. The van der Waals surface area contributed by atoms with Crippen LogP contribution in [0.4, 0.5) is 0 Å². The van der Waals surface area contributed by atoms with Gasteiger partial charge in [0.05, 0.1) is 6.20 Å². The molecule has 2 aliphatic rings. The topological polar surface area (TPSA) is 35.3 Å². The van der Waals surface area contributed by atoms with E-state index in [1.807, 2.05) is 6.20 Å². The molecular weight excluding hydrogens is 362 g/mol. The van der Waals surface area contributed by atoms with E-state index in [-0.39, 0.29) is 0 Å². The van der Waals surface area contributed by atoms with Gasteiger partial charge in [0.2, 0.25) is 0 Å². The molecule has 0 aliphatic heterocycles. The maximum Gasteiger partial charge on any atom is 0.200 e. The summed E-state index contributed by atoms with van der Waals surface area (Å²) in [6.07, 6.45) is 9.30. The quantitative estimate of drug-likeness (QED) is 0.257. The number of hydrogen-bond donors (Lipinski definition) is 0. The van der Waals surface area contributed by atoms with Crippen LogP contribution in [0.1, 0.15) is 97.8 Å². The van der Waals surface area contributed by atoms with Crippen LogP contribution in [-0.4, -0.2) is 20.1 Å². The van der Waals surface area contributed by atoms with Crippen molar-refractivity contribution >= 4 is 8.32 Å². The first-order valence-electron chi connectivity index (χ1n) is 11.6. The largest absolute Gasteiger partial charge is 0.416 e. The monoisotopic (exact) mass is 403 g/mol. The number of aromatic nitrogens is 1. The zero-order valence-corrected chi connectivity index (χ0v) is 20.2. The van der Waals surface area contributed by atoms with E-state index in [1.54, 1.807) is 11.1 Å². The molecule has 28 heavy (non-hydrogen) atoms. The highest BCUT2D eigenvalue weighted by molar-refractivity contribution is 6.77. The average Bonchev–Trinajstić information content (AvgIpc) is 3.09. The van der Waals surface area contributed by atoms with Crippen LogP contribution in [0.3, 0.4) is 0 Å². The van der Waals surface area contributed by atoms with Crippen molar-refractivity contribution in [2.75, 3.05) is 6.61 Å². The van der Waals surface area contributed by atoms with Crippen LogP contribution in [0.25, 0.3) is 0 Å². The average molecular weight is 404 g/mol. The Hall–Kier alpha value is -0.873. The van der Waals surface area contributed by atoms with E-state index in [0.717, 1.165) is 24.7 Å². The molecular formula is C24H41NO2Si. The predicted octanol–water partition coefficient (Wildman–Crippen LogP) is 7.40. The van der Waals surface area contributed by atoms with E-state index in [9.17, 15) is 0 Å². The molecule has 1 aromatic rings. The number of allylic oxidation sites excluding steroid dienone is 2. The van der Waals surface area contributed by atoms with Crippen molar-refractivity contribution in [3.05, 3.63) is 28.7 Å². The third-order valence-corrected chi connectivity index (χ3v) is 13.7. The lowest BCUT2D eigenvalue weighted by Crippen LogP contribution is -2.48. The summed E-state index contributed by atoms with van der Waals surface area (Å²) in [4.78, 5) is 0. The van der Waals surface area contributed by atoms with Gasteiger partial charge in [-0.3, -0.25) is 0 Å². The van der Waals surface area contributed by atoms with Gasteiger partial charge in [-0.05, 0) is 54.6 Å². The number of fused-ring (bicyclic) bond motifs is 1. The molecule has 0 saturated carbocycles. The summed E-state index contributed by atoms with van der Waals surface area (Å²) in [5.41, 5.74) is 6.68. The first kappa shape index (κ1) is 21.8. The predicted molar refractivity (Wildman–Crippen MR) is 119 cm³/mol. The molecule has 0 aromatic carbocycles. The molecule has 0 amide bonds. The van der Waals surface area contributed by atoms with E-state index in [1.165, 1.54) is 37.7 Å². The highest BCUT2D eigenvalue weighted by Crippen LogP contribution is 2.47. The van der Waals surface area contributed by atoms with Crippen LogP contribution < -0.4 is 0 Å². The molecule has 2 atom stereocenters. The fraction of sp³-hybridized carbons (Fsp3) is 0.792. The summed E-state index contributed by atoms with van der Waals surface area (Å²) in [5.74, 6) is 2.31. The fourth-order valence-corrected chi connectivity index (χ4v) is 12.0. The van der Waals surface area contributed by atoms with Gasteiger partial charge in [0.25, 0.3) is 0 Å². The van der Waals surface area contributed by atoms with E-state index >= 15 is 0 Å². The standard InChI is InChI=1S/C24H41NO2Si/c1-16(2)28(17(3)4,18(5)6)26-13-9-12-20-10-8-11-21-14-23-22(15-25-27-23)19(7)24(20)21/h15-20H,8-14H2,1-7H3. The summed E-state index contributed by atoms with van der Waals surface area (Å²) < 4.78 is 12.3. The van der Waals surface area contributed by atoms with Gasteiger partial charge in [-0.15, -0.1) is 0 Å². The van der Waals surface area contributed by atoms with Crippen LogP contribution >= 0.6 is 0 Å². The molecule has 0 spiro atoms. The van der Waals surface area contributed by atoms with E-state index in [0.29, 0.717) is 22.5 Å². The van der Waals surface area contributed by atoms with Crippen molar-refractivity contribution < 1.29 is 8.95 Å². The summed E-state index contributed by atoms with van der Waals surface area (Å²) in [6.45, 7) is 17.6. The second-order valence-corrected chi connectivity index (χ2v) is 15.5. The summed E-state index contributed by atoms with van der Waals surface area (Å²) >= 11 is 0. The number of rotatable bonds is 8. The van der Waals surface area contributed by atoms with Gasteiger partial charge in [-0.1, -0.05) is 64.8 Å². The van der Waals surface area contributed by atoms with Gasteiger partial charge < -0.3 is 8.95 Å². The molecule has 1 aromatic heterocycles. The molecule has 3 nitrogen and oxygen atoms in total. The molecule has 0 N–H and O–H groups in total. The SMILES string of the molecule is CC1C2=C(CCCC2CCCO[Si](C(C)C)(C(C)C)C(C)C)Cc2oncc21. The van der Waals surface area contributed by atoms with Crippen molar-refractivity contribution in [1.82, 2.24) is 5.16 Å². The Balaban J connectivity index is 1.63. The van der Waals surface area contributed by atoms with E-state index in [4.69, 9.17) is 8.95 Å². The van der Waals surface area contributed by atoms with Crippen LogP contribution in [0.2, 0.25) is 16.6 Å². The lowest BCUT2D eigenvalue weighted by Gasteiger charge is -2.42. The first-order chi connectivity index (χ1) is 13.3. The van der Waals surface area contributed by atoms with Crippen LogP contribution in [0, 0.1) is 5.92 Å². The van der Waals surface area contributed by atoms with E-state index in [2.05, 4.69) is 53.6 Å². The van der Waals surface area contributed by atoms with Gasteiger partial charge in [0.15, 0.2) is 8.32 Å². The Labute approximate surface area is 173 Å². The summed E-state index contributed by atoms with van der Waals surface area (Å²) in [6, 6.07) is 0. The van der Waals surface area contributed by atoms with Crippen molar-refractivity contribution in [2.24, 2.45) is 5.92 Å². The Morgan fingerprint density at radius 3 is 2.46 bits per heavy atom. The van der Waals surface area contributed by atoms with Crippen LogP contribution in [-0.2, 0) is 10.8 Å². The second-order valence-electron chi connectivity index (χ2n) is 10.1. The van der Waals surface area contributed by atoms with Crippen molar-refractivity contribution in [1.29, 1.82) is 0 Å². The Morgan fingerprint density at radius 2 is 1.82 bits per heavy atom. The molecule has 0 fully saturated rings. The van der Waals surface area contributed by atoms with Gasteiger partial charge >= 0.3 is 0 Å². The minimum Gasteiger partial charge on any atom is -0.416 e. The van der Waals surface area contributed by atoms with Crippen molar-refractivity contribution in [2.45, 2.75) is 110 Å². The van der Waals surface area contributed by atoms with Crippen molar-refractivity contribution in [3.8, 4) is 0 Å². The molecule has 2 unspecified atom stereocenters. The maximum atomic E-state index is 6.81. The molecule has 1 heterocycles. The number of nitrogens with zero attached hydrogens (tertiary/aromatic N) is 1. The lowest BCUT2D eigenvalue weighted by atomic mass is 9.69. The lowest BCUT2D eigenvalue weighted by molar-refractivity contribution is 0.257. The van der Waals surface area contributed by atoms with Crippen molar-refractivity contribution in [3.63, 3.8) is 0 Å². The zero-order chi connectivity index (χ0) is 20.5. The van der Waals surface area contributed by atoms with Crippen LogP contribution in [0.15, 0.2) is 21.9 Å². The smallest absolute Gasteiger partial charge is 0.200 e. The Kier molecular flexibility index (Phi) is 6.91. The molecule has 0 radical (unpaired) electrons. The van der Waals surface area contributed by atoms with Gasteiger partial charge in [0, 0.05) is 24.5 Å². The molecule has 4 heteroatoms. The first-order valence-corrected chi connectivity index (χ1v) is 13.7. The zero-order valence-electron chi connectivity index (χ0n) is 19.2. The van der Waals surface area contributed by atoms with Gasteiger partial charge in [-0.2, -0.15) is 0 Å².